The van der Waals surface area contributed by atoms with Crippen molar-refractivity contribution in [2.45, 2.75) is 6.42 Å². The number of nitrogens with two attached hydrogens (primary N) is 1. The van der Waals surface area contributed by atoms with Crippen LogP contribution in [0.4, 0.5) is 11.8 Å². The van der Waals surface area contributed by atoms with Gasteiger partial charge >= 0.3 is 0 Å². The molecule has 0 aliphatic heterocycles. The van der Waals surface area contributed by atoms with E-state index < -0.39 is 0 Å². The molecule has 3 N–H and O–H groups in total. The smallest absolute Gasteiger partial charge is 0.225 e. The Balaban J connectivity index is 0.00000192. The van der Waals surface area contributed by atoms with Crippen molar-refractivity contribution < 1.29 is 4.74 Å². The first-order chi connectivity index (χ1) is 10.8. The summed E-state index contributed by atoms with van der Waals surface area (Å²) >= 11 is 0. The zero-order valence-corrected chi connectivity index (χ0v) is 13.6. The maximum absolute atomic E-state index is 5.97. The van der Waals surface area contributed by atoms with Crippen molar-refractivity contribution >= 4 is 35.1 Å². The van der Waals surface area contributed by atoms with Gasteiger partial charge in [-0.1, -0.05) is 24.3 Å². The highest BCUT2D eigenvalue weighted by Gasteiger charge is 2.04. The number of nitrogens with one attached hydrogen (secondary N) is 1. The molecule has 1 heterocycles. The molecule has 0 fully saturated rings. The molecule has 0 aliphatic carbocycles. The topological polar surface area (TPSA) is 73.1 Å². The Morgan fingerprint density at radius 2 is 1.91 bits per heavy atom. The van der Waals surface area contributed by atoms with Crippen molar-refractivity contribution in [1.29, 1.82) is 0 Å². The Morgan fingerprint density at radius 1 is 1.09 bits per heavy atom. The van der Waals surface area contributed by atoms with Crippen LogP contribution in [0, 0.1) is 0 Å². The lowest BCUT2D eigenvalue weighted by Crippen LogP contribution is -2.09. The van der Waals surface area contributed by atoms with Gasteiger partial charge in [0, 0.05) is 11.9 Å². The van der Waals surface area contributed by atoms with E-state index in [4.69, 9.17) is 10.5 Å². The van der Waals surface area contributed by atoms with Crippen LogP contribution < -0.4 is 15.8 Å². The first kappa shape index (κ1) is 16.8. The number of nitrogens with zero attached hydrogens (tertiary/aromatic N) is 2. The third-order valence-electron chi connectivity index (χ3n) is 3.46. The highest BCUT2D eigenvalue weighted by molar-refractivity contribution is 5.88. The molecule has 3 rings (SSSR count). The quantitative estimate of drug-likeness (QED) is 0.751. The summed E-state index contributed by atoms with van der Waals surface area (Å²) in [6, 6.07) is 15.7. The summed E-state index contributed by atoms with van der Waals surface area (Å²) in [6.07, 6.45) is 0.854. The van der Waals surface area contributed by atoms with Crippen LogP contribution in [0.3, 0.4) is 0 Å². The first-order valence-electron chi connectivity index (χ1n) is 7.15. The molecule has 0 radical (unpaired) electrons. The second-order valence-electron chi connectivity index (χ2n) is 4.98. The summed E-state index contributed by atoms with van der Waals surface area (Å²) in [7, 11) is 1.67. The van der Waals surface area contributed by atoms with Crippen molar-refractivity contribution in [3.63, 3.8) is 0 Å². The second kappa shape index (κ2) is 7.65. The average molecular weight is 331 g/mol. The van der Waals surface area contributed by atoms with Crippen LogP contribution in [-0.2, 0) is 6.42 Å². The normalized spacial score (nSPS) is 10.1. The molecule has 3 aromatic rings. The predicted molar refractivity (Wildman–Crippen MR) is 96.4 cm³/mol. The van der Waals surface area contributed by atoms with E-state index in [2.05, 4.69) is 21.4 Å². The minimum Gasteiger partial charge on any atom is -0.497 e. The summed E-state index contributed by atoms with van der Waals surface area (Å²) in [4.78, 5) is 8.77. The Morgan fingerprint density at radius 3 is 2.74 bits per heavy atom. The maximum atomic E-state index is 5.97. The summed E-state index contributed by atoms with van der Waals surface area (Å²) < 4.78 is 5.22. The van der Waals surface area contributed by atoms with Crippen molar-refractivity contribution in [2.24, 2.45) is 0 Å². The van der Waals surface area contributed by atoms with E-state index in [1.165, 1.54) is 5.56 Å². The Hall–Kier alpha value is -2.53. The number of nitrogen functional groups attached to an aromatic ring is 1. The van der Waals surface area contributed by atoms with Crippen molar-refractivity contribution in [1.82, 2.24) is 9.97 Å². The zero-order valence-electron chi connectivity index (χ0n) is 12.8. The van der Waals surface area contributed by atoms with Gasteiger partial charge in [-0.15, -0.1) is 12.4 Å². The zero-order chi connectivity index (χ0) is 15.4. The van der Waals surface area contributed by atoms with Crippen LogP contribution in [0.25, 0.3) is 10.9 Å². The second-order valence-corrected chi connectivity index (χ2v) is 4.98. The minimum absolute atomic E-state index is 0. The molecule has 6 heteroatoms. The van der Waals surface area contributed by atoms with E-state index in [-0.39, 0.29) is 12.4 Å². The lowest BCUT2D eigenvalue weighted by Gasteiger charge is -2.08. The molecular weight excluding hydrogens is 312 g/mol. The van der Waals surface area contributed by atoms with Crippen LogP contribution in [0.1, 0.15) is 5.56 Å². The van der Waals surface area contributed by atoms with Gasteiger partial charge in [-0.3, -0.25) is 0 Å². The van der Waals surface area contributed by atoms with Gasteiger partial charge in [0.1, 0.15) is 11.6 Å². The standard InChI is InChI=1S/C17H18N4O.ClH/c1-22-13-6-4-5-12(11-13)9-10-19-17-20-15-8-3-2-7-14(15)16(18)21-17;/h2-8,11H,9-10H2,1H3,(H3,18,19,20,21);1H. The molecule has 0 saturated carbocycles. The van der Waals surface area contributed by atoms with Gasteiger partial charge in [0.2, 0.25) is 5.95 Å². The third kappa shape index (κ3) is 4.02. The molecule has 5 nitrogen and oxygen atoms in total. The minimum atomic E-state index is 0. The van der Waals surface area contributed by atoms with Crippen LogP contribution >= 0.6 is 12.4 Å². The van der Waals surface area contributed by atoms with Crippen molar-refractivity contribution in [2.75, 3.05) is 24.7 Å². The average Bonchev–Trinajstić information content (AvgIpc) is 2.55. The first-order valence-corrected chi connectivity index (χ1v) is 7.15. The number of hydrogen-bond acceptors (Lipinski definition) is 5. The van der Waals surface area contributed by atoms with E-state index in [1.807, 2.05) is 42.5 Å². The fraction of sp³-hybridized carbons (Fsp3) is 0.176. The molecule has 120 valence electrons. The highest BCUT2D eigenvalue weighted by Crippen LogP contribution is 2.19. The number of rotatable bonds is 5. The van der Waals surface area contributed by atoms with Crippen LogP contribution in [0.2, 0.25) is 0 Å². The fourth-order valence-electron chi connectivity index (χ4n) is 2.33. The number of anilines is 2. The van der Waals surface area contributed by atoms with E-state index in [9.17, 15) is 0 Å². The molecule has 0 unspecified atom stereocenters. The van der Waals surface area contributed by atoms with E-state index in [1.54, 1.807) is 7.11 Å². The summed E-state index contributed by atoms with van der Waals surface area (Å²) in [6.45, 7) is 0.727. The SMILES string of the molecule is COc1cccc(CCNc2nc(N)c3ccccc3n2)c1.Cl. The number of para-hydroxylation sites is 1. The van der Waals surface area contributed by atoms with Gasteiger partial charge in [0.25, 0.3) is 0 Å². The van der Waals surface area contributed by atoms with Crippen LogP contribution in [0.5, 0.6) is 5.75 Å². The molecule has 0 atom stereocenters. The lowest BCUT2D eigenvalue weighted by molar-refractivity contribution is 0.414. The van der Waals surface area contributed by atoms with Gasteiger partial charge < -0.3 is 15.8 Å². The Labute approximate surface area is 141 Å². The summed E-state index contributed by atoms with van der Waals surface area (Å²) in [5, 5.41) is 4.10. The molecule has 0 saturated heterocycles. The van der Waals surface area contributed by atoms with Crippen molar-refractivity contribution in [3.8, 4) is 5.75 Å². The number of hydrogen-bond donors (Lipinski definition) is 2. The van der Waals surface area contributed by atoms with Gasteiger partial charge in [-0.05, 0) is 36.2 Å². The molecule has 0 spiro atoms. The molecule has 23 heavy (non-hydrogen) atoms. The fourth-order valence-corrected chi connectivity index (χ4v) is 2.33. The van der Waals surface area contributed by atoms with Gasteiger partial charge in [0.15, 0.2) is 0 Å². The lowest BCUT2D eigenvalue weighted by atomic mass is 10.1. The molecule has 1 aromatic heterocycles. The Kier molecular flexibility index (Phi) is 5.60. The maximum Gasteiger partial charge on any atom is 0.225 e. The van der Waals surface area contributed by atoms with Gasteiger partial charge in [-0.25, -0.2) is 4.98 Å². The number of fused-ring (bicyclic) bond motifs is 1. The van der Waals surface area contributed by atoms with E-state index in [0.29, 0.717) is 11.8 Å². The number of halogens is 1. The molecule has 0 bridgehead atoms. The molecular formula is C17H19ClN4O. The third-order valence-corrected chi connectivity index (χ3v) is 3.46. The van der Waals surface area contributed by atoms with Crippen LogP contribution in [-0.4, -0.2) is 23.6 Å². The van der Waals surface area contributed by atoms with Crippen molar-refractivity contribution in [3.05, 3.63) is 54.1 Å². The molecule has 0 amide bonds. The van der Waals surface area contributed by atoms with Gasteiger partial charge in [0.05, 0.1) is 12.6 Å². The summed E-state index contributed by atoms with van der Waals surface area (Å²) in [5.74, 6) is 1.91. The monoisotopic (exact) mass is 330 g/mol. The summed E-state index contributed by atoms with van der Waals surface area (Å²) in [5.41, 5.74) is 8.01. The largest absolute Gasteiger partial charge is 0.497 e. The number of methoxy groups -OCH3 is 1. The van der Waals surface area contributed by atoms with Crippen LogP contribution in [0.15, 0.2) is 48.5 Å². The highest BCUT2D eigenvalue weighted by atomic mass is 35.5. The number of aromatic nitrogens is 2. The van der Waals surface area contributed by atoms with Gasteiger partial charge in [-0.2, -0.15) is 4.98 Å². The Bertz CT molecular complexity index is 794. The number of ether oxygens (including phenoxy) is 1. The molecule has 2 aromatic carbocycles. The number of benzene rings is 2. The molecule has 0 aliphatic rings. The van der Waals surface area contributed by atoms with E-state index >= 15 is 0 Å². The van der Waals surface area contributed by atoms with E-state index in [0.717, 1.165) is 29.6 Å². The predicted octanol–water partition coefficient (Wildman–Crippen LogP) is 3.30.